The van der Waals surface area contributed by atoms with Gasteiger partial charge in [0.2, 0.25) is 0 Å². The minimum Gasteiger partial charge on any atom is -1.00 e. The molecule has 1 aliphatic rings. The number of hydrogen-bond acceptors (Lipinski definition) is 0. The second-order valence-corrected chi connectivity index (χ2v) is 14.6. The molecule has 0 aliphatic heterocycles. The van der Waals surface area contributed by atoms with E-state index in [0.717, 1.165) is 12.8 Å². The van der Waals surface area contributed by atoms with E-state index in [1.807, 2.05) is 30.3 Å². The fraction of sp³-hybridized carbons (Fsp3) is 0.333. The molecule has 0 N–H and O–H groups in total. The molecular weight excluding hydrogens is 703 g/mol. The molecular formula is C45H52Cl2Zr-2. The van der Waals surface area contributed by atoms with Gasteiger partial charge in [0, 0.05) is 0 Å². The standard InChI is InChI=1S/C31H29.C9H18.C5H5.2ClH.Zr/c1-21(23(3)25-10-6-4-7-11-25)16-24-14-15-29-28(18-24)19-27-17-22(2)30(20-31(27)29)26-12-8-5-9-13-26;1-3-5-7-9-8-6-4-2;1-2-4-5-3-1;;;/h4-15,17,20-21,23H,16,19H2,1-3H3;3-8H2,1-2H3;1-5H;2*1H;/q-1;;-1;;;+2/p-2. The molecule has 0 saturated carbocycles. The molecule has 3 heteroatoms. The van der Waals surface area contributed by atoms with Gasteiger partial charge >= 0.3 is 79.8 Å². The van der Waals surface area contributed by atoms with Gasteiger partial charge in [-0.15, -0.1) is 11.1 Å². The molecule has 6 rings (SSSR count). The van der Waals surface area contributed by atoms with E-state index >= 15 is 0 Å². The minimum absolute atomic E-state index is 0. The summed E-state index contributed by atoms with van der Waals surface area (Å²) in [7, 11) is 0. The van der Waals surface area contributed by atoms with Gasteiger partial charge in [0.15, 0.2) is 0 Å². The fourth-order valence-electron chi connectivity index (χ4n) is 6.22. The topological polar surface area (TPSA) is 0 Å². The average Bonchev–Trinajstić information content (AvgIpc) is 3.78. The van der Waals surface area contributed by atoms with E-state index in [4.69, 9.17) is 0 Å². The zero-order chi connectivity index (χ0) is 32.7. The number of fused-ring (bicyclic) bond motifs is 3. The molecule has 252 valence electrons. The molecule has 0 amide bonds. The van der Waals surface area contributed by atoms with Crippen LogP contribution in [-0.2, 0) is 37.1 Å². The third kappa shape index (κ3) is 12.5. The molecule has 0 fully saturated rings. The van der Waals surface area contributed by atoms with Gasteiger partial charge in [-0.25, -0.2) is 12.1 Å². The van der Waals surface area contributed by atoms with Gasteiger partial charge in [-0.3, -0.25) is 0 Å². The van der Waals surface area contributed by atoms with E-state index in [2.05, 4.69) is 126 Å². The van der Waals surface area contributed by atoms with Gasteiger partial charge in [-0.05, 0) is 59.4 Å². The van der Waals surface area contributed by atoms with Crippen molar-refractivity contribution in [1.82, 2.24) is 0 Å². The van der Waals surface area contributed by atoms with Gasteiger partial charge in [-0.1, -0.05) is 92.2 Å². The van der Waals surface area contributed by atoms with E-state index in [-0.39, 0.29) is 24.8 Å². The monoisotopic (exact) mass is 752 g/mol. The van der Waals surface area contributed by atoms with Crippen molar-refractivity contribution in [3.05, 3.63) is 149 Å². The van der Waals surface area contributed by atoms with E-state index < -0.39 is 0 Å². The van der Waals surface area contributed by atoms with Gasteiger partial charge in [-0.2, -0.15) is 42.0 Å². The van der Waals surface area contributed by atoms with E-state index in [1.165, 1.54) is 88.6 Å². The molecule has 0 nitrogen and oxygen atoms in total. The van der Waals surface area contributed by atoms with Gasteiger partial charge in [0.1, 0.15) is 0 Å². The molecule has 48 heavy (non-hydrogen) atoms. The largest absolute Gasteiger partial charge is 1.00 e. The molecule has 5 aromatic carbocycles. The van der Waals surface area contributed by atoms with Gasteiger partial charge in [0.25, 0.3) is 0 Å². The van der Waals surface area contributed by atoms with Crippen LogP contribution in [0, 0.1) is 18.9 Å². The average molecular weight is 755 g/mol. The number of hydrogen-bond donors (Lipinski definition) is 0. The van der Waals surface area contributed by atoms with Crippen molar-refractivity contribution in [2.24, 2.45) is 5.92 Å². The molecule has 2 atom stereocenters. The third-order valence-corrected chi connectivity index (χ3v) is 10.4. The Bertz CT molecular complexity index is 1580. The van der Waals surface area contributed by atoms with Crippen LogP contribution in [-0.4, -0.2) is 3.21 Å². The minimum atomic E-state index is 0. The maximum Gasteiger partial charge on any atom is -0.0159 e. The molecule has 0 heterocycles. The summed E-state index contributed by atoms with van der Waals surface area (Å²) in [6, 6.07) is 44.8. The number of aryl methyl sites for hydroxylation is 1. The Labute approximate surface area is 319 Å². The SMILES string of the molecule is CCCC[C](=[Zr+2])CCCC.Cc1cc2c(cc1-c1ccccc1)-c1ccc(CC(C)C(C)c3ccccc3)[c-]c1C2.[Cl-].[Cl-].c1cc[cH-]c1. The number of unbranched alkanes of at least 4 members (excludes halogenated alkanes) is 2. The molecule has 5 aromatic rings. The molecule has 0 bridgehead atoms. The first-order valence-electron chi connectivity index (χ1n) is 17.4. The maximum absolute atomic E-state index is 3.79. The van der Waals surface area contributed by atoms with Crippen LogP contribution in [0.1, 0.15) is 100.0 Å². The van der Waals surface area contributed by atoms with Crippen molar-refractivity contribution in [1.29, 1.82) is 0 Å². The summed E-state index contributed by atoms with van der Waals surface area (Å²) in [6.45, 7) is 11.5. The van der Waals surface area contributed by atoms with Crippen LogP contribution in [0.4, 0.5) is 0 Å². The maximum atomic E-state index is 3.79. The van der Waals surface area contributed by atoms with Crippen molar-refractivity contribution in [3.63, 3.8) is 0 Å². The van der Waals surface area contributed by atoms with Crippen LogP contribution in [0.5, 0.6) is 0 Å². The smallest absolute Gasteiger partial charge is 0.0159 e. The Kier molecular flexibility index (Phi) is 19.4. The second-order valence-electron chi connectivity index (χ2n) is 12.9. The molecule has 2 unspecified atom stereocenters. The Balaban J connectivity index is 0.000000394. The first kappa shape index (κ1) is 41.7. The molecule has 0 aromatic heterocycles. The van der Waals surface area contributed by atoms with Crippen molar-refractivity contribution >= 4 is 3.21 Å². The Morgan fingerprint density at radius 1 is 0.750 bits per heavy atom. The first-order valence-corrected chi connectivity index (χ1v) is 18.6. The summed E-state index contributed by atoms with van der Waals surface area (Å²) in [5, 5.41) is 0. The Hall–Kier alpha value is -2.44. The van der Waals surface area contributed by atoms with Crippen molar-refractivity contribution < 1.29 is 49.0 Å². The Morgan fingerprint density at radius 3 is 1.92 bits per heavy atom. The van der Waals surface area contributed by atoms with Crippen LogP contribution in [0.15, 0.2) is 115 Å². The zero-order valence-electron chi connectivity index (χ0n) is 29.5. The van der Waals surface area contributed by atoms with E-state index in [9.17, 15) is 0 Å². The molecule has 0 radical (unpaired) electrons. The van der Waals surface area contributed by atoms with Crippen molar-refractivity contribution in [2.75, 3.05) is 0 Å². The summed E-state index contributed by atoms with van der Waals surface area (Å²) in [6.07, 6.45) is 10.4. The van der Waals surface area contributed by atoms with Crippen LogP contribution >= 0.6 is 0 Å². The van der Waals surface area contributed by atoms with Crippen molar-refractivity contribution in [2.45, 2.75) is 91.9 Å². The summed E-state index contributed by atoms with van der Waals surface area (Å²) in [5.74, 6) is 1.11. The van der Waals surface area contributed by atoms with Crippen LogP contribution in [0.25, 0.3) is 22.3 Å². The number of halogens is 2. The predicted molar refractivity (Wildman–Crippen MR) is 198 cm³/mol. The molecule has 0 spiro atoms. The first-order chi connectivity index (χ1) is 22.4. The van der Waals surface area contributed by atoms with Gasteiger partial charge in [0.05, 0.1) is 0 Å². The quantitative estimate of drug-likeness (QED) is 0.132. The van der Waals surface area contributed by atoms with Crippen molar-refractivity contribution in [3.8, 4) is 22.3 Å². The summed E-state index contributed by atoms with van der Waals surface area (Å²) in [5.41, 5.74) is 12.3. The second kappa shape index (κ2) is 22.3. The fourth-order valence-corrected chi connectivity index (χ4v) is 7.09. The summed E-state index contributed by atoms with van der Waals surface area (Å²) in [4.78, 5) is 0. The van der Waals surface area contributed by atoms with Crippen LogP contribution in [0.3, 0.4) is 0 Å². The van der Waals surface area contributed by atoms with E-state index in [0.29, 0.717) is 11.8 Å². The van der Waals surface area contributed by atoms with Crippen LogP contribution in [0.2, 0.25) is 0 Å². The van der Waals surface area contributed by atoms with Gasteiger partial charge < -0.3 is 24.8 Å². The molecule has 0 saturated heterocycles. The summed E-state index contributed by atoms with van der Waals surface area (Å²) < 4.78 is 1.79. The predicted octanol–water partition coefficient (Wildman–Crippen LogP) is 6.52. The summed E-state index contributed by atoms with van der Waals surface area (Å²) >= 11 is 1.67. The molecule has 1 aliphatic carbocycles. The zero-order valence-corrected chi connectivity index (χ0v) is 33.5. The van der Waals surface area contributed by atoms with Crippen LogP contribution < -0.4 is 24.8 Å². The Morgan fingerprint density at radius 2 is 1.35 bits per heavy atom. The third-order valence-electron chi connectivity index (χ3n) is 9.22. The number of benzene rings is 4. The number of rotatable bonds is 11. The van der Waals surface area contributed by atoms with E-state index in [1.54, 1.807) is 27.4 Å². The normalized spacial score (nSPS) is 12.0.